The van der Waals surface area contributed by atoms with Gasteiger partial charge in [0.1, 0.15) is 10.0 Å². The Kier molecular flexibility index (Phi) is 5.92. The van der Waals surface area contributed by atoms with Crippen LogP contribution in [0.3, 0.4) is 0 Å². The standard InChI is InChI=1S/C16H13ClFN3O3S3/c1-21(27(23,24)15-7-6-13(17)26-15)8-14(22)20-16-19-12(9-25-16)10-2-4-11(18)5-3-10/h2-7,9H,8H2,1H3,(H,19,20,22). The van der Waals surface area contributed by atoms with Crippen molar-refractivity contribution in [3.8, 4) is 11.3 Å². The number of hydrogen-bond donors (Lipinski definition) is 1. The fourth-order valence-corrected chi connectivity index (χ4v) is 5.68. The molecule has 2 aromatic heterocycles. The maximum Gasteiger partial charge on any atom is 0.252 e. The lowest BCUT2D eigenvalue weighted by molar-refractivity contribution is -0.116. The second-order valence-electron chi connectivity index (χ2n) is 5.41. The summed E-state index contributed by atoms with van der Waals surface area (Å²) in [6.45, 7) is -0.372. The van der Waals surface area contributed by atoms with Crippen LogP contribution in [0.2, 0.25) is 4.34 Å². The second-order valence-corrected chi connectivity index (χ2v) is 10.3. The Hall–Kier alpha value is -1.85. The van der Waals surface area contributed by atoms with Crippen LogP contribution in [0, 0.1) is 5.82 Å². The average molecular weight is 446 g/mol. The smallest absolute Gasteiger partial charge is 0.252 e. The summed E-state index contributed by atoms with van der Waals surface area (Å²) in [7, 11) is -2.48. The Labute approximate surface area is 168 Å². The topological polar surface area (TPSA) is 79.4 Å². The van der Waals surface area contributed by atoms with Gasteiger partial charge >= 0.3 is 0 Å². The van der Waals surface area contributed by atoms with Gasteiger partial charge in [0.2, 0.25) is 5.91 Å². The molecule has 0 atom stereocenters. The van der Waals surface area contributed by atoms with E-state index >= 15 is 0 Å². The molecule has 0 saturated heterocycles. The van der Waals surface area contributed by atoms with Gasteiger partial charge in [0.05, 0.1) is 16.6 Å². The molecule has 1 N–H and O–H groups in total. The number of nitrogens with one attached hydrogen (secondary N) is 1. The molecule has 0 unspecified atom stereocenters. The van der Waals surface area contributed by atoms with E-state index < -0.39 is 15.9 Å². The summed E-state index contributed by atoms with van der Waals surface area (Å²) < 4.78 is 39.2. The molecular weight excluding hydrogens is 433 g/mol. The van der Waals surface area contributed by atoms with Crippen molar-refractivity contribution in [2.24, 2.45) is 0 Å². The molecule has 3 rings (SSSR count). The van der Waals surface area contributed by atoms with E-state index in [0.29, 0.717) is 20.7 Å². The minimum absolute atomic E-state index is 0.0654. The van der Waals surface area contributed by atoms with Gasteiger partial charge in [0.25, 0.3) is 10.0 Å². The molecular formula is C16H13ClFN3O3S3. The number of aromatic nitrogens is 1. The zero-order chi connectivity index (χ0) is 19.6. The van der Waals surface area contributed by atoms with E-state index in [4.69, 9.17) is 11.6 Å². The highest BCUT2D eigenvalue weighted by atomic mass is 35.5. The van der Waals surface area contributed by atoms with Crippen LogP contribution in [0.1, 0.15) is 0 Å². The van der Waals surface area contributed by atoms with Crippen molar-refractivity contribution >= 4 is 55.3 Å². The third-order valence-corrected chi connectivity index (χ3v) is 7.73. The number of halogens is 2. The molecule has 0 aliphatic heterocycles. The van der Waals surface area contributed by atoms with E-state index in [0.717, 1.165) is 15.6 Å². The lowest BCUT2D eigenvalue weighted by atomic mass is 10.2. The van der Waals surface area contributed by atoms with Gasteiger partial charge in [-0.05, 0) is 36.4 Å². The van der Waals surface area contributed by atoms with Gasteiger partial charge in [-0.25, -0.2) is 17.8 Å². The highest BCUT2D eigenvalue weighted by molar-refractivity contribution is 7.91. The van der Waals surface area contributed by atoms with Crippen LogP contribution >= 0.6 is 34.3 Å². The van der Waals surface area contributed by atoms with Crippen molar-refractivity contribution in [1.82, 2.24) is 9.29 Å². The van der Waals surface area contributed by atoms with Gasteiger partial charge in [0.15, 0.2) is 5.13 Å². The van der Waals surface area contributed by atoms with E-state index in [2.05, 4.69) is 10.3 Å². The number of rotatable bonds is 6. The lowest BCUT2D eigenvalue weighted by Gasteiger charge is -2.15. The third kappa shape index (κ3) is 4.71. The van der Waals surface area contributed by atoms with Crippen LogP contribution < -0.4 is 5.32 Å². The third-order valence-electron chi connectivity index (χ3n) is 3.47. The molecule has 0 aliphatic carbocycles. The number of hydrogen-bond acceptors (Lipinski definition) is 6. The molecule has 0 radical (unpaired) electrons. The molecule has 0 bridgehead atoms. The van der Waals surface area contributed by atoms with Crippen molar-refractivity contribution in [3.63, 3.8) is 0 Å². The number of thiophene rings is 1. The molecule has 6 nitrogen and oxygen atoms in total. The molecule has 11 heteroatoms. The van der Waals surface area contributed by atoms with E-state index in [1.807, 2.05) is 0 Å². The molecule has 3 aromatic rings. The number of carbonyl (C=O) groups is 1. The summed E-state index contributed by atoms with van der Waals surface area (Å²) in [4.78, 5) is 16.4. The molecule has 2 heterocycles. The summed E-state index contributed by atoms with van der Waals surface area (Å²) in [5.41, 5.74) is 1.30. The second kappa shape index (κ2) is 8.03. The number of anilines is 1. The number of likely N-dealkylation sites (N-methyl/N-ethyl adjacent to an activating group) is 1. The van der Waals surface area contributed by atoms with Gasteiger partial charge in [-0.3, -0.25) is 4.79 Å². The minimum atomic E-state index is -3.79. The van der Waals surface area contributed by atoms with E-state index in [1.165, 1.54) is 42.6 Å². The van der Waals surface area contributed by atoms with Gasteiger partial charge in [-0.1, -0.05) is 11.6 Å². The lowest BCUT2D eigenvalue weighted by Crippen LogP contribution is -2.34. The molecule has 27 heavy (non-hydrogen) atoms. The number of sulfonamides is 1. The summed E-state index contributed by atoms with van der Waals surface area (Å²) in [5.74, 6) is -0.873. The number of carbonyl (C=O) groups excluding carboxylic acids is 1. The minimum Gasteiger partial charge on any atom is -0.301 e. The van der Waals surface area contributed by atoms with Gasteiger partial charge in [-0.15, -0.1) is 22.7 Å². The largest absolute Gasteiger partial charge is 0.301 e. The Morgan fingerprint density at radius 3 is 2.59 bits per heavy atom. The molecule has 142 valence electrons. The van der Waals surface area contributed by atoms with Crippen molar-refractivity contribution in [1.29, 1.82) is 0 Å². The summed E-state index contributed by atoms with van der Waals surface area (Å²) in [6.07, 6.45) is 0. The van der Waals surface area contributed by atoms with Gasteiger partial charge in [0, 0.05) is 18.0 Å². The fourth-order valence-electron chi connectivity index (χ4n) is 2.12. The highest BCUT2D eigenvalue weighted by Gasteiger charge is 2.25. The summed E-state index contributed by atoms with van der Waals surface area (Å²) in [5, 5.41) is 4.61. The first-order valence-electron chi connectivity index (χ1n) is 7.49. The normalized spacial score (nSPS) is 11.7. The van der Waals surface area contributed by atoms with Crippen LogP contribution in [0.25, 0.3) is 11.3 Å². The Morgan fingerprint density at radius 2 is 1.96 bits per heavy atom. The van der Waals surface area contributed by atoms with Gasteiger partial charge < -0.3 is 5.32 Å². The zero-order valence-electron chi connectivity index (χ0n) is 13.8. The predicted molar refractivity (Wildman–Crippen MR) is 105 cm³/mol. The maximum atomic E-state index is 13.0. The zero-order valence-corrected chi connectivity index (χ0v) is 17.1. The maximum absolute atomic E-state index is 13.0. The van der Waals surface area contributed by atoms with Crippen molar-refractivity contribution in [3.05, 3.63) is 51.9 Å². The summed E-state index contributed by atoms with van der Waals surface area (Å²) >= 11 is 7.89. The molecule has 0 aliphatic rings. The molecule has 0 spiro atoms. The predicted octanol–water partition coefficient (Wildman–Crippen LogP) is 3.92. The van der Waals surface area contributed by atoms with Crippen LogP contribution in [0.5, 0.6) is 0 Å². The van der Waals surface area contributed by atoms with Gasteiger partial charge in [-0.2, -0.15) is 4.31 Å². The number of nitrogens with zero attached hydrogens (tertiary/aromatic N) is 2. The quantitative estimate of drug-likeness (QED) is 0.623. The number of thiazole rings is 1. The van der Waals surface area contributed by atoms with Crippen LogP contribution in [-0.4, -0.2) is 37.2 Å². The van der Waals surface area contributed by atoms with Crippen LogP contribution in [0.15, 0.2) is 46.0 Å². The van der Waals surface area contributed by atoms with Crippen LogP contribution in [-0.2, 0) is 14.8 Å². The van der Waals surface area contributed by atoms with E-state index in [9.17, 15) is 17.6 Å². The van der Waals surface area contributed by atoms with E-state index in [1.54, 1.807) is 17.5 Å². The molecule has 0 fully saturated rings. The number of benzene rings is 1. The Morgan fingerprint density at radius 1 is 1.26 bits per heavy atom. The molecule has 0 saturated carbocycles. The first-order valence-corrected chi connectivity index (χ1v) is 11.0. The van der Waals surface area contributed by atoms with Crippen molar-refractivity contribution in [2.75, 3.05) is 18.9 Å². The van der Waals surface area contributed by atoms with Crippen molar-refractivity contribution < 1.29 is 17.6 Å². The Bertz CT molecular complexity index is 1060. The van der Waals surface area contributed by atoms with Crippen molar-refractivity contribution in [2.45, 2.75) is 4.21 Å². The fraction of sp³-hybridized carbons (Fsp3) is 0.125. The summed E-state index contributed by atoms with van der Waals surface area (Å²) in [6, 6.07) is 8.70. The molecule has 1 amide bonds. The Balaban J connectivity index is 1.65. The SMILES string of the molecule is CN(CC(=O)Nc1nc(-c2ccc(F)cc2)cs1)S(=O)(=O)c1ccc(Cl)s1. The van der Waals surface area contributed by atoms with Crippen LogP contribution in [0.4, 0.5) is 9.52 Å². The van der Waals surface area contributed by atoms with E-state index in [-0.39, 0.29) is 16.6 Å². The molecule has 1 aromatic carbocycles. The number of amides is 1. The first-order chi connectivity index (χ1) is 12.8. The monoisotopic (exact) mass is 445 g/mol. The average Bonchev–Trinajstić information content (AvgIpc) is 3.25. The first kappa shape index (κ1) is 19.9. The highest BCUT2D eigenvalue weighted by Crippen LogP contribution is 2.28.